The van der Waals surface area contributed by atoms with Crippen LogP contribution in [0.1, 0.15) is 56.2 Å². The number of nitrogens with one attached hydrogen (secondary N) is 1. The summed E-state index contributed by atoms with van der Waals surface area (Å²) in [6, 6.07) is 2.32. The van der Waals surface area contributed by atoms with Crippen LogP contribution in [0.4, 0.5) is 0 Å². The zero-order valence-corrected chi connectivity index (χ0v) is 13.2. The second-order valence-corrected chi connectivity index (χ2v) is 7.34. The Labute approximate surface area is 126 Å². The van der Waals surface area contributed by atoms with Crippen molar-refractivity contribution < 1.29 is 9.53 Å². The van der Waals surface area contributed by atoms with Gasteiger partial charge in [0.05, 0.1) is 6.61 Å². The molecule has 0 radical (unpaired) electrons. The zero-order chi connectivity index (χ0) is 15.0. The van der Waals surface area contributed by atoms with Gasteiger partial charge < -0.3 is 9.64 Å². The van der Waals surface area contributed by atoms with E-state index in [9.17, 15) is 4.79 Å². The first-order valence-corrected chi connectivity index (χ1v) is 7.90. The Morgan fingerprint density at radius 2 is 2.19 bits per heavy atom. The van der Waals surface area contributed by atoms with Gasteiger partial charge in [0.1, 0.15) is 5.69 Å². The number of H-pyrrole nitrogens is 1. The molecule has 1 amide bonds. The molecule has 1 aliphatic heterocycles. The van der Waals surface area contributed by atoms with Gasteiger partial charge in [-0.1, -0.05) is 20.8 Å². The largest absolute Gasteiger partial charge is 0.381 e. The molecule has 1 aliphatic carbocycles. The van der Waals surface area contributed by atoms with E-state index in [0.29, 0.717) is 17.7 Å². The highest BCUT2D eigenvalue weighted by molar-refractivity contribution is 5.92. The molecule has 0 spiro atoms. The third kappa shape index (κ3) is 3.28. The first-order valence-electron chi connectivity index (χ1n) is 7.90. The van der Waals surface area contributed by atoms with Crippen molar-refractivity contribution in [1.82, 2.24) is 15.1 Å². The molecule has 1 aromatic rings. The van der Waals surface area contributed by atoms with Crippen molar-refractivity contribution in [1.29, 1.82) is 0 Å². The maximum atomic E-state index is 12.8. The smallest absolute Gasteiger partial charge is 0.274 e. The minimum Gasteiger partial charge on any atom is -0.381 e. The van der Waals surface area contributed by atoms with Gasteiger partial charge in [0.25, 0.3) is 5.91 Å². The average Bonchev–Trinajstić information content (AvgIpc) is 2.94. The van der Waals surface area contributed by atoms with Crippen molar-refractivity contribution in [2.75, 3.05) is 19.8 Å². The van der Waals surface area contributed by atoms with E-state index in [1.807, 2.05) is 11.0 Å². The quantitative estimate of drug-likeness (QED) is 0.926. The fourth-order valence-electron chi connectivity index (χ4n) is 2.75. The molecule has 0 bridgehead atoms. The Kier molecular flexibility index (Phi) is 3.78. The SMILES string of the molecule is CC(C)(C)c1cc(C(=O)N(CC2CCOC2)C2CC2)n[nH]1. The lowest BCUT2D eigenvalue weighted by atomic mass is 9.92. The molecule has 1 saturated heterocycles. The minimum atomic E-state index is -0.0186. The Morgan fingerprint density at radius 3 is 2.71 bits per heavy atom. The van der Waals surface area contributed by atoms with Gasteiger partial charge in [-0.3, -0.25) is 9.89 Å². The maximum absolute atomic E-state index is 12.8. The monoisotopic (exact) mass is 291 g/mol. The molecule has 2 fully saturated rings. The van der Waals surface area contributed by atoms with Crippen LogP contribution in [0.2, 0.25) is 0 Å². The first-order chi connectivity index (χ1) is 9.95. The number of nitrogens with zero attached hydrogens (tertiary/aromatic N) is 2. The Bertz CT molecular complexity index is 508. The Morgan fingerprint density at radius 1 is 1.43 bits per heavy atom. The minimum absolute atomic E-state index is 0.0186. The molecule has 5 heteroatoms. The number of aromatic nitrogens is 2. The van der Waals surface area contributed by atoms with Crippen LogP contribution < -0.4 is 0 Å². The van der Waals surface area contributed by atoms with Crippen molar-refractivity contribution in [3.8, 4) is 0 Å². The lowest BCUT2D eigenvalue weighted by Crippen LogP contribution is -2.37. The first kappa shape index (κ1) is 14.6. The van der Waals surface area contributed by atoms with Crippen LogP contribution >= 0.6 is 0 Å². The highest BCUT2D eigenvalue weighted by atomic mass is 16.5. The summed E-state index contributed by atoms with van der Waals surface area (Å²) in [5.74, 6) is 0.548. The van der Waals surface area contributed by atoms with Crippen LogP contribution in [0.15, 0.2) is 6.07 Å². The molecule has 21 heavy (non-hydrogen) atoms. The fraction of sp³-hybridized carbons (Fsp3) is 0.750. The molecule has 1 N–H and O–H groups in total. The summed E-state index contributed by atoms with van der Waals surface area (Å²) < 4.78 is 5.43. The van der Waals surface area contributed by atoms with Crippen LogP contribution in [-0.4, -0.2) is 46.8 Å². The van der Waals surface area contributed by atoms with Gasteiger partial charge in [-0.05, 0) is 25.3 Å². The second kappa shape index (κ2) is 5.44. The lowest BCUT2D eigenvalue weighted by molar-refractivity contribution is 0.0700. The van der Waals surface area contributed by atoms with E-state index in [1.165, 1.54) is 0 Å². The van der Waals surface area contributed by atoms with Gasteiger partial charge in [-0.25, -0.2) is 0 Å². The number of hydrogen-bond acceptors (Lipinski definition) is 3. The predicted octanol–water partition coefficient (Wildman–Crippen LogP) is 2.35. The molecular weight excluding hydrogens is 266 g/mol. The van der Waals surface area contributed by atoms with E-state index in [0.717, 1.165) is 44.7 Å². The number of carbonyl (C=O) groups is 1. The molecule has 116 valence electrons. The summed E-state index contributed by atoms with van der Waals surface area (Å²) in [5, 5.41) is 7.25. The predicted molar refractivity (Wildman–Crippen MR) is 80.3 cm³/mol. The highest BCUT2D eigenvalue weighted by Crippen LogP contribution is 2.30. The van der Waals surface area contributed by atoms with Crippen LogP contribution in [0.25, 0.3) is 0 Å². The van der Waals surface area contributed by atoms with Gasteiger partial charge in [0.2, 0.25) is 0 Å². The number of carbonyl (C=O) groups excluding carboxylic acids is 1. The van der Waals surface area contributed by atoms with Gasteiger partial charge in [0, 0.05) is 36.2 Å². The van der Waals surface area contributed by atoms with E-state index < -0.39 is 0 Å². The number of amides is 1. The molecule has 1 aromatic heterocycles. The van der Waals surface area contributed by atoms with Crippen molar-refractivity contribution in [3.05, 3.63) is 17.5 Å². The van der Waals surface area contributed by atoms with E-state index in [-0.39, 0.29) is 11.3 Å². The molecule has 2 heterocycles. The summed E-state index contributed by atoms with van der Waals surface area (Å²) >= 11 is 0. The van der Waals surface area contributed by atoms with Gasteiger partial charge in [0.15, 0.2) is 0 Å². The molecule has 1 unspecified atom stereocenters. The second-order valence-electron chi connectivity index (χ2n) is 7.34. The summed E-state index contributed by atoms with van der Waals surface area (Å²) in [6.45, 7) is 8.76. The van der Waals surface area contributed by atoms with Gasteiger partial charge >= 0.3 is 0 Å². The van der Waals surface area contributed by atoms with E-state index >= 15 is 0 Å². The topological polar surface area (TPSA) is 58.2 Å². The van der Waals surface area contributed by atoms with Gasteiger partial charge in [-0.15, -0.1) is 0 Å². The number of aromatic amines is 1. The van der Waals surface area contributed by atoms with Crippen LogP contribution in [-0.2, 0) is 10.2 Å². The Hall–Kier alpha value is -1.36. The molecule has 5 nitrogen and oxygen atoms in total. The standard InChI is InChI=1S/C16H25N3O2/c1-16(2,3)14-8-13(17-18-14)15(20)19(12-4-5-12)9-11-6-7-21-10-11/h8,11-12H,4-7,9-10H2,1-3H3,(H,17,18). The molecule has 1 saturated carbocycles. The van der Waals surface area contributed by atoms with Crippen LogP contribution in [0, 0.1) is 5.92 Å². The third-order valence-corrected chi connectivity index (χ3v) is 4.33. The summed E-state index contributed by atoms with van der Waals surface area (Å²) in [5.41, 5.74) is 1.53. The van der Waals surface area contributed by atoms with Crippen molar-refractivity contribution in [2.24, 2.45) is 5.92 Å². The Balaban J connectivity index is 1.72. The molecular formula is C16H25N3O2. The van der Waals surface area contributed by atoms with Crippen LogP contribution in [0.3, 0.4) is 0 Å². The summed E-state index contributed by atoms with van der Waals surface area (Å²) in [6.07, 6.45) is 3.30. The maximum Gasteiger partial charge on any atom is 0.274 e. The normalized spacial score (nSPS) is 22.5. The van der Waals surface area contributed by atoms with Crippen molar-refractivity contribution in [3.63, 3.8) is 0 Å². The molecule has 0 aromatic carbocycles. The number of rotatable bonds is 4. The fourth-order valence-corrected chi connectivity index (χ4v) is 2.75. The van der Waals surface area contributed by atoms with Crippen molar-refractivity contribution >= 4 is 5.91 Å². The van der Waals surface area contributed by atoms with Crippen LogP contribution in [0.5, 0.6) is 0 Å². The summed E-state index contributed by atoms with van der Waals surface area (Å²) in [4.78, 5) is 14.8. The summed E-state index contributed by atoms with van der Waals surface area (Å²) in [7, 11) is 0. The average molecular weight is 291 g/mol. The molecule has 3 rings (SSSR count). The van der Waals surface area contributed by atoms with Crippen molar-refractivity contribution in [2.45, 2.75) is 51.5 Å². The number of hydrogen-bond donors (Lipinski definition) is 1. The zero-order valence-electron chi connectivity index (χ0n) is 13.2. The van der Waals surface area contributed by atoms with Gasteiger partial charge in [-0.2, -0.15) is 5.10 Å². The molecule has 1 atom stereocenters. The molecule has 2 aliphatic rings. The van der Waals surface area contributed by atoms with E-state index in [4.69, 9.17) is 4.74 Å². The third-order valence-electron chi connectivity index (χ3n) is 4.33. The number of ether oxygens (including phenoxy) is 1. The highest BCUT2D eigenvalue weighted by Gasteiger charge is 2.36. The van der Waals surface area contributed by atoms with E-state index in [2.05, 4.69) is 31.0 Å². The lowest BCUT2D eigenvalue weighted by Gasteiger charge is -2.24. The van der Waals surface area contributed by atoms with E-state index in [1.54, 1.807) is 0 Å².